The summed E-state index contributed by atoms with van der Waals surface area (Å²) in [5, 5.41) is 11.6. The molecule has 1 unspecified atom stereocenters. The molecule has 1 aromatic heterocycles. The minimum Gasteiger partial charge on any atom is -0.309 e. The van der Waals surface area contributed by atoms with E-state index >= 15 is 0 Å². The van der Waals surface area contributed by atoms with Crippen LogP contribution in [0, 0.1) is 19.7 Å². The fourth-order valence-electron chi connectivity index (χ4n) is 2.10. The average Bonchev–Trinajstić information content (AvgIpc) is 2.75. The third-order valence-corrected chi connectivity index (χ3v) is 3.25. The second kappa shape index (κ2) is 5.48. The van der Waals surface area contributed by atoms with Crippen molar-refractivity contribution in [1.82, 2.24) is 20.3 Å². The summed E-state index contributed by atoms with van der Waals surface area (Å²) in [5.74, 6) is -0.228. The molecule has 0 fully saturated rings. The van der Waals surface area contributed by atoms with Gasteiger partial charge in [-0.3, -0.25) is 0 Å². The summed E-state index contributed by atoms with van der Waals surface area (Å²) in [6, 6.07) is 5.22. The summed E-state index contributed by atoms with van der Waals surface area (Å²) in [4.78, 5) is 0. The first-order valence-corrected chi connectivity index (χ1v) is 6.46. The molecule has 0 saturated carbocycles. The zero-order chi connectivity index (χ0) is 14.0. The lowest BCUT2D eigenvalue weighted by Gasteiger charge is -2.10. The molecular weight excluding hydrogens is 243 g/mol. The van der Waals surface area contributed by atoms with E-state index in [-0.39, 0.29) is 11.9 Å². The molecule has 2 rings (SSSR count). The Balaban J connectivity index is 2.38. The molecule has 102 valence electrons. The number of nitrogens with zero attached hydrogens (tertiary/aromatic N) is 3. The number of nitrogens with one attached hydrogen (secondary N) is 1. The van der Waals surface area contributed by atoms with E-state index in [0.717, 1.165) is 17.9 Å². The van der Waals surface area contributed by atoms with Crippen LogP contribution in [0.3, 0.4) is 0 Å². The van der Waals surface area contributed by atoms with E-state index in [4.69, 9.17) is 0 Å². The van der Waals surface area contributed by atoms with Crippen LogP contribution in [0.1, 0.15) is 36.8 Å². The van der Waals surface area contributed by atoms with Gasteiger partial charge in [0.1, 0.15) is 11.5 Å². The summed E-state index contributed by atoms with van der Waals surface area (Å²) >= 11 is 0. The summed E-state index contributed by atoms with van der Waals surface area (Å²) in [7, 11) is 0. The highest BCUT2D eigenvalue weighted by atomic mass is 19.1. The van der Waals surface area contributed by atoms with Crippen molar-refractivity contribution in [3.8, 4) is 5.69 Å². The zero-order valence-electron chi connectivity index (χ0n) is 11.7. The number of hydrogen-bond acceptors (Lipinski definition) is 3. The standard InChI is InChI=1S/C14H19FN4/c1-5-16-10(3)14-11(4)19(18-17-14)12-7-6-9(2)13(15)8-12/h6-8,10,16H,5H2,1-4H3. The number of aromatic nitrogens is 3. The first-order chi connectivity index (χ1) is 9.04. The van der Waals surface area contributed by atoms with Crippen LogP contribution >= 0.6 is 0 Å². The molecule has 0 aliphatic heterocycles. The van der Waals surface area contributed by atoms with E-state index in [1.54, 1.807) is 17.7 Å². The van der Waals surface area contributed by atoms with Crippen LogP contribution < -0.4 is 5.32 Å². The molecule has 5 heteroatoms. The van der Waals surface area contributed by atoms with Crippen LogP contribution in [0.15, 0.2) is 18.2 Å². The third-order valence-electron chi connectivity index (χ3n) is 3.25. The van der Waals surface area contributed by atoms with Gasteiger partial charge < -0.3 is 5.32 Å². The van der Waals surface area contributed by atoms with Crippen molar-refractivity contribution in [1.29, 1.82) is 0 Å². The van der Waals surface area contributed by atoms with Crippen LogP contribution in [0.5, 0.6) is 0 Å². The predicted molar refractivity (Wildman–Crippen MR) is 72.9 cm³/mol. The van der Waals surface area contributed by atoms with Gasteiger partial charge in [-0.05, 0) is 45.0 Å². The highest BCUT2D eigenvalue weighted by Gasteiger charge is 2.15. The first kappa shape index (κ1) is 13.7. The molecule has 0 aliphatic carbocycles. The summed E-state index contributed by atoms with van der Waals surface area (Å²) in [6.07, 6.45) is 0. The highest BCUT2D eigenvalue weighted by molar-refractivity contribution is 5.36. The molecule has 2 aromatic rings. The number of halogens is 1. The molecule has 0 saturated heterocycles. The van der Waals surface area contributed by atoms with Gasteiger partial charge in [0.25, 0.3) is 0 Å². The molecule has 0 spiro atoms. The molecule has 0 aliphatic rings. The summed E-state index contributed by atoms with van der Waals surface area (Å²) < 4.78 is 15.3. The van der Waals surface area contributed by atoms with Gasteiger partial charge in [-0.15, -0.1) is 5.10 Å². The maximum atomic E-state index is 13.6. The van der Waals surface area contributed by atoms with Gasteiger partial charge in [-0.25, -0.2) is 9.07 Å². The minimum atomic E-state index is -0.228. The van der Waals surface area contributed by atoms with Gasteiger partial charge in [-0.2, -0.15) is 0 Å². The van der Waals surface area contributed by atoms with Crippen molar-refractivity contribution in [3.63, 3.8) is 0 Å². The monoisotopic (exact) mass is 262 g/mol. The van der Waals surface area contributed by atoms with E-state index in [2.05, 4.69) is 15.6 Å². The van der Waals surface area contributed by atoms with Crippen molar-refractivity contribution in [2.75, 3.05) is 6.54 Å². The maximum Gasteiger partial charge on any atom is 0.128 e. The number of rotatable bonds is 4. The molecule has 0 amide bonds. The van der Waals surface area contributed by atoms with Crippen LogP contribution in [0.2, 0.25) is 0 Å². The van der Waals surface area contributed by atoms with Gasteiger partial charge in [0, 0.05) is 0 Å². The Morgan fingerprint density at radius 3 is 2.74 bits per heavy atom. The second-order valence-electron chi connectivity index (χ2n) is 4.68. The van der Waals surface area contributed by atoms with Crippen molar-refractivity contribution < 1.29 is 4.39 Å². The Labute approximate surface area is 112 Å². The average molecular weight is 262 g/mol. The molecule has 1 aromatic carbocycles. The maximum absolute atomic E-state index is 13.6. The van der Waals surface area contributed by atoms with Gasteiger partial charge >= 0.3 is 0 Å². The molecule has 1 atom stereocenters. The first-order valence-electron chi connectivity index (χ1n) is 6.46. The van der Waals surface area contributed by atoms with E-state index < -0.39 is 0 Å². The van der Waals surface area contributed by atoms with Gasteiger partial charge in [0.15, 0.2) is 0 Å². The number of hydrogen-bond donors (Lipinski definition) is 1. The minimum absolute atomic E-state index is 0.133. The Hall–Kier alpha value is -1.75. The molecular formula is C14H19FN4. The van der Waals surface area contributed by atoms with Crippen molar-refractivity contribution in [2.45, 2.75) is 33.7 Å². The van der Waals surface area contributed by atoms with Gasteiger partial charge in [0.2, 0.25) is 0 Å². The predicted octanol–water partition coefficient (Wildman–Crippen LogP) is 2.69. The number of aryl methyl sites for hydroxylation is 1. The smallest absolute Gasteiger partial charge is 0.128 e. The lowest BCUT2D eigenvalue weighted by atomic mass is 10.2. The fraction of sp³-hybridized carbons (Fsp3) is 0.429. The number of benzene rings is 1. The molecule has 1 heterocycles. The third kappa shape index (κ3) is 2.66. The van der Waals surface area contributed by atoms with Crippen molar-refractivity contribution in [3.05, 3.63) is 41.0 Å². The Bertz CT molecular complexity index is 577. The van der Waals surface area contributed by atoms with Crippen LogP contribution in [0.25, 0.3) is 5.69 Å². The van der Waals surface area contributed by atoms with Gasteiger partial charge in [0.05, 0.1) is 17.4 Å². The van der Waals surface area contributed by atoms with Crippen LogP contribution in [0.4, 0.5) is 4.39 Å². The molecule has 1 N–H and O–H groups in total. The molecule has 0 radical (unpaired) electrons. The molecule has 0 bridgehead atoms. The van der Waals surface area contributed by atoms with Crippen molar-refractivity contribution >= 4 is 0 Å². The molecule has 4 nitrogen and oxygen atoms in total. The highest BCUT2D eigenvalue weighted by Crippen LogP contribution is 2.19. The lowest BCUT2D eigenvalue weighted by Crippen LogP contribution is -2.19. The van der Waals surface area contributed by atoms with E-state index in [1.165, 1.54) is 6.07 Å². The van der Waals surface area contributed by atoms with Crippen LogP contribution in [-0.4, -0.2) is 21.5 Å². The fourth-order valence-corrected chi connectivity index (χ4v) is 2.10. The van der Waals surface area contributed by atoms with E-state index in [0.29, 0.717) is 11.3 Å². The largest absolute Gasteiger partial charge is 0.309 e. The zero-order valence-corrected chi connectivity index (χ0v) is 11.7. The quantitative estimate of drug-likeness (QED) is 0.921. The SMILES string of the molecule is CCNC(C)c1nnn(-c2ccc(C)c(F)c2)c1C. The van der Waals surface area contributed by atoms with Gasteiger partial charge in [-0.1, -0.05) is 18.2 Å². The Morgan fingerprint density at radius 1 is 1.37 bits per heavy atom. The Kier molecular flexibility index (Phi) is 3.95. The normalized spacial score (nSPS) is 12.7. The molecule has 19 heavy (non-hydrogen) atoms. The lowest BCUT2D eigenvalue weighted by molar-refractivity contribution is 0.579. The summed E-state index contributed by atoms with van der Waals surface area (Å²) in [6.45, 7) is 8.64. The Morgan fingerprint density at radius 2 is 2.11 bits per heavy atom. The van der Waals surface area contributed by atoms with E-state index in [9.17, 15) is 4.39 Å². The van der Waals surface area contributed by atoms with Crippen LogP contribution in [-0.2, 0) is 0 Å². The summed E-state index contributed by atoms with van der Waals surface area (Å²) in [5.41, 5.74) is 3.14. The van der Waals surface area contributed by atoms with E-state index in [1.807, 2.05) is 26.8 Å². The second-order valence-corrected chi connectivity index (χ2v) is 4.68. The topological polar surface area (TPSA) is 42.7 Å². The van der Waals surface area contributed by atoms with Crippen molar-refractivity contribution in [2.24, 2.45) is 0 Å².